The first-order chi connectivity index (χ1) is 8.25. The molecule has 17 heavy (non-hydrogen) atoms. The van der Waals surface area contributed by atoms with Crippen LogP contribution in [0.15, 0.2) is 24.3 Å². The summed E-state index contributed by atoms with van der Waals surface area (Å²) in [6.45, 7) is 0.647. The lowest BCUT2D eigenvalue weighted by molar-refractivity contribution is 0.233. The summed E-state index contributed by atoms with van der Waals surface area (Å²) in [6, 6.07) is 6.74. The number of phenolic OH excluding ortho intramolecular Hbond substituents is 1. The van der Waals surface area contributed by atoms with E-state index in [-0.39, 0.29) is 5.75 Å². The minimum absolute atomic E-state index is 0.194. The second kappa shape index (κ2) is 5.92. The monoisotopic (exact) mass is 235 g/mol. The molecule has 0 saturated heterocycles. The number of rotatable bonds is 4. The van der Waals surface area contributed by atoms with Gasteiger partial charge in [-0.1, -0.05) is 38.2 Å². The zero-order valence-corrected chi connectivity index (χ0v) is 10.2. The summed E-state index contributed by atoms with van der Waals surface area (Å²) < 4.78 is 0. The number of benzene rings is 1. The molecule has 0 radical (unpaired) electrons. The van der Waals surface area contributed by atoms with Crippen LogP contribution in [0.3, 0.4) is 0 Å². The molecule has 94 valence electrons. The first kappa shape index (κ1) is 12.2. The van der Waals surface area contributed by atoms with Crippen LogP contribution >= 0.6 is 0 Å². The lowest BCUT2D eigenvalue weighted by atomic mass is 9.87. The quantitative estimate of drug-likeness (QED) is 0.784. The van der Waals surface area contributed by atoms with Crippen molar-refractivity contribution in [2.75, 3.05) is 11.6 Å². The van der Waals surface area contributed by atoms with Gasteiger partial charge in [-0.3, -0.25) is 10.3 Å². The fourth-order valence-corrected chi connectivity index (χ4v) is 2.56. The highest BCUT2D eigenvalue weighted by atomic mass is 16.5. The van der Waals surface area contributed by atoms with Gasteiger partial charge in [-0.15, -0.1) is 0 Å². The molecule has 1 aliphatic rings. The Morgan fingerprint density at radius 3 is 2.65 bits per heavy atom. The van der Waals surface area contributed by atoms with Crippen molar-refractivity contribution in [3.05, 3.63) is 24.3 Å². The molecule has 0 amide bonds. The van der Waals surface area contributed by atoms with Crippen molar-refractivity contribution in [3.8, 4) is 5.75 Å². The minimum Gasteiger partial charge on any atom is -0.508 e. The predicted molar refractivity (Wildman–Crippen MR) is 68.4 cm³/mol. The summed E-state index contributed by atoms with van der Waals surface area (Å²) in [4.78, 5) is 0. The maximum Gasteiger partial charge on any atom is 0.117 e. The highest BCUT2D eigenvalue weighted by Gasteiger charge is 2.14. The highest BCUT2D eigenvalue weighted by Crippen LogP contribution is 2.27. The Labute approximate surface area is 103 Å². The molecule has 1 fully saturated rings. The van der Waals surface area contributed by atoms with Gasteiger partial charge in [0.1, 0.15) is 5.75 Å². The van der Waals surface area contributed by atoms with Crippen molar-refractivity contribution in [2.24, 2.45) is 5.92 Å². The molecular weight excluding hydrogens is 214 g/mol. The number of phenols is 1. The van der Waals surface area contributed by atoms with Gasteiger partial charge >= 0.3 is 0 Å². The molecule has 0 atom stereocenters. The minimum atomic E-state index is 0.194. The molecule has 2 N–H and O–H groups in total. The van der Waals surface area contributed by atoms with Crippen LogP contribution in [0.4, 0.5) is 5.69 Å². The molecule has 3 nitrogen and oxygen atoms in total. The van der Waals surface area contributed by atoms with Crippen LogP contribution in [0.1, 0.15) is 38.5 Å². The van der Waals surface area contributed by atoms with E-state index in [1.54, 1.807) is 24.3 Å². The number of aromatic hydroxyl groups is 1. The van der Waals surface area contributed by atoms with Crippen molar-refractivity contribution < 1.29 is 10.3 Å². The van der Waals surface area contributed by atoms with Crippen LogP contribution in [0, 0.1) is 5.92 Å². The standard InChI is InChI=1S/C14H21NO2/c16-14-8-4-7-13(11-14)15(17)10-9-12-5-2-1-3-6-12/h4,7-8,11-12,16-17H,1-3,5-6,9-10H2. The van der Waals surface area contributed by atoms with E-state index < -0.39 is 0 Å². The van der Waals surface area contributed by atoms with Gasteiger partial charge in [0, 0.05) is 12.6 Å². The largest absolute Gasteiger partial charge is 0.508 e. The number of nitrogens with zero attached hydrogens (tertiary/aromatic N) is 1. The average Bonchev–Trinajstić information content (AvgIpc) is 2.37. The number of anilines is 1. The summed E-state index contributed by atoms with van der Waals surface area (Å²) >= 11 is 0. The van der Waals surface area contributed by atoms with Crippen molar-refractivity contribution in [2.45, 2.75) is 38.5 Å². The SMILES string of the molecule is Oc1cccc(N(O)CCC2CCCCC2)c1. The smallest absolute Gasteiger partial charge is 0.117 e. The Morgan fingerprint density at radius 1 is 1.18 bits per heavy atom. The third kappa shape index (κ3) is 3.63. The maximum atomic E-state index is 9.90. The third-order valence-corrected chi connectivity index (χ3v) is 3.60. The molecule has 0 bridgehead atoms. The van der Waals surface area contributed by atoms with Crippen molar-refractivity contribution in [1.82, 2.24) is 0 Å². The number of hydroxylamine groups is 1. The van der Waals surface area contributed by atoms with Gasteiger partial charge in [0.05, 0.1) is 5.69 Å². The Bertz CT molecular complexity index is 348. The summed E-state index contributed by atoms with van der Waals surface area (Å²) in [7, 11) is 0. The maximum absolute atomic E-state index is 9.90. The molecule has 3 heteroatoms. The number of hydrogen-bond acceptors (Lipinski definition) is 3. The fourth-order valence-electron chi connectivity index (χ4n) is 2.56. The first-order valence-corrected chi connectivity index (χ1v) is 6.51. The van der Waals surface area contributed by atoms with E-state index >= 15 is 0 Å². The second-order valence-corrected chi connectivity index (χ2v) is 4.94. The van der Waals surface area contributed by atoms with E-state index in [1.165, 1.54) is 37.2 Å². The Kier molecular flexibility index (Phi) is 4.26. The molecule has 1 aliphatic carbocycles. The molecule has 0 heterocycles. The van der Waals surface area contributed by atoms with Crippen LogP contribution in [0.25, 0.3) is 0 Å². The fraction of sp³-hybridized carbons (Fsp3) is 0.571. The third-order valence-electron chi connectivity index (χ3n) is 3.60. The van der Waals surface area contributed by atoms with E-state index in [0.29, 0.717) is 12.2 Å². The topological polar surface area (TPSA) is 43.7 Å². The summed E-state index contributed by atoms with van der Waals surface area (Å²) in [5, 5.41) is 20.5. The number of hydrogen-bond donors (Lipinski definition) is 2. The molecule has 1 saturated carbocycles. The zero-order chi connectivity index (χ0) is 12.1. The van der Waals surface area contributed by atoms with Crippen LogP contribution in [-0.4, -0.2) is 16.9 Å². The summed E-state index contributed by atoms with van der Waals surface area (Å²) in [6.07, 6.45) is 7.67. The summed E-state index contributed by atoms with van der Waals surface area (Å²) in [5.41, 5.74) is 0.667. The predicted octanol–water partition coefficient (Wildman–Crippen LogP) is 3.56. The van der Waals surface area contributed by atoms with Crippen LogP contribution in [-0.2, 0) is 0 Å². The summed E-state index contributed by atoms with van der Waals surface area (Å²) in [5.74, 6) is 0.954. The van der Waals surface area contributed by atoms with E-state index in [1.807, 2.05) is 0 Å². The normalized spacial score (nSPS) is 17.0. The van der Waals surface area contributed by atoms with E-state index in [0.717, 1.165) is 12.3 Å². The molecule has 0 aliphatic heterocycles. The Balaban J connectivity index is 1.82. The van der Waals surface area contributed by atoms with Crippen molar-refractivity contribution in [3.63, 3.8) is 0 Å². The molecule has 1 aromatic carbocycles. The van der Waals surface area contributed by atoms with Crippen LogP contribution < -0.4 is 5.06 Å². The van der Waals surface area contributed by atoms with Gasteiger partial charge < -0.3 is 5.11 Å². The van der Waals surface area contributed by atoms with E-state index in [9.17, 15) is 10.3 Å². The van der Waals surface area contributed by atoms with Gasteiger partial charge in [0.2, 0.25) is 0 Å². The lowest BCUT2D eigenvalue weighted by Gasteiger charge is -2.24. The molecule has 0 aromatic heterocycles. The van der Waals surface area contributed by atoms with Crippen LogP contribution in [0.2, 0.25) is 0 Å². The van der Waals surface area contributed by atoms with Crippen LogP contribution in [0.5, 0.6) is 5.75 Å². The van der Waals surface area contributed by atoms with Gasteiger partial charge in [-0.25, -0.2) is 0 Å². The van der Waals surface area contributed by atoms with E-state index in [4.69, 9.17) is 0 Å². The highest BCUT2D eigenvalue weighted by molar-refractivity contribution is 5.47. The molecular formula is C14H21NO2. The van der Waals surface area contributed by atoms with Gasteiger partial charge in [0.15, 0.2) is 0 Å². The van der Waals surface area contributed by atoms with Gasteiger partial charge in [-0.2, -0.15) is 0 Å². The molecule has 2 rings (SSSR count). The molecule has 1 aromatic rings. The average molecular weight is 235 g/mol. The second-order valence-electron chi connectivity index (χ2n) is 4.94. The molecule has 0 spiro atoms. The zero-order valence-electron chi connectivity index (χ0n) is 10.2. The van der Waals surface area contributed by atoms with Crippen molar-refractivity contribution in [1.29, 1.82) is 0 Å². The lowest BCUT2D eigenvalue weighted by Crippen LogP contribution is -2.22. The Morgan fingerprint density at radius 2 is 1.94 bits per heavy atom. The van der Waals surface area contributed by atoms with E-state index in [2.05, 4.69) is 0 Å². The van der Waals surface area contributed by atoms with Crippen molar-refractivity contribution >= 4 is 5.69 Å². The molecule has 0 unspecified atom stereocenters. The Hall–Kier alpha value is -1.22. The first-order valence-electron chi connectivity index (χ1n) is 6.51. The van der Waals surface area contributed by atoms with Gasteiger partial charge in [0.25, 0.3) is 0 Å². The van der Waals surface area contributed by atoms with Gasteiger partial charge in [-0.05, 0) is 24.5 Å².